The Morgan fingerprint density at radius 3 is 2.65 bits per heavy atom. The van der Waals surface area contributed by atoms with Gasteiger partial charge in [-0.25, -0.2) is 4.39 Å². The van der Waals surface area contributed by atoms with Crippen LogP contribution in [0.2, 0.25) is 0 Å². The van der Waals surface area contributed by atoms with Gasteiger partial charge in [0.25, 0.3) is 0 Å². The Morgan fingerprint density at radius 2 is 2.24 bits per heavy atom. The second-order valence-corrected chi connectivity index (χ2v) is 5.10. The largest absolute Gasteiger partial charge is 0.481 e. The number of nitrogens with zero attached hydrogens (tertiary/aromatic N) is 1. The lowest BCUT2D eigenvalue weighted by Crippen LogP contribution is -2.17. The summed E-state index contributed by atoms with van der Waals surface area (Å²) in [7, 11) is 0. The van der Waals surface area contributed by atoms with Crippen molar-refractivity contribution < 1.29 is 14.3 Å². The summed E-state index contributed by atoms with van der Waals surface area (Å²) in [5, 5.41) is 8.83. The van der Waals surface area contributed by atoms with Crippen LogP contribution in [0.15, 0.2) is 12.3 Å². The number of aromatic nitrogens is 1. The number of halogens is 1. The lowest BCUT2D eigenvalue weighted by Gasteiger charge is -2.14. The topological polar surface area (TPSA) is 50.2 Å². The van der Waals surface area contributed by atoms with Gasteiger partial charge in [-0.2, -0.15) is 0 Å². The summed E-state index contributed by atoms with van der Waals surface area (Å²) in [6.45, 7) is 3.94. The number of hydrogen-bond acceptors (Lipinski definition) is 2. The molecule has 1 aromatic heterocycles. The first kappa shape index (κ1) is 12.0. The molecule has 0 aromatic carbocycles. The predicted molar refractivity (Wildman–Crippen MR) is 61.4 cm³/mol. The molecule has 0 saturated heterocycles. The van der Waals surface area contributed by atoms with Crippen molar-refractivity contribution in [2.75, 3.05) is 0 Å². The quantitative estimate of drug-likeness (QED) is 0.876. The molecule has 1 aromatic rings. The Balaban J connectivity index is 2.31. The molecule has 1 saturated carbocycles. The van der Waals surface area contributed by atoms with Crippen molar-refractivity contribution in [3.63, 3.8) is 0 Å². The van der Waals surface area contributed by atoms with E-state index in [0.29, 0.717) is 18.5 Å². The number of aliphatic carboxylic acids is 1. The average Bonchev–Trinajstić information content (AvgIpc) is 2.97. The van der Waals surface area contributed by atoms with Gasteiger partial charge in [0.05, 0.1) is 12.1 Å². The molecule has 0 unspecified atom stereocenters. The van der Waals surface area contributed by atoms with Crippen LogP contribution in [0.4, 0.5) is 4.39 Å². The van der Waals surface area contributed by atoms with Crippen molar-refractivity contribution in [3.05, 3.63) is 29.3 Å². The van der Waals surface area contributed by atoms with E-state index in [0.717, 1.165) is 5.56 Å². The van der Waals surface area contributed by atoms with Crippen LogP contribution in [0.5, 0.6) is 0 Å². The van der Waals surface area contributed by atoms with E-state index < -0.39 is 11.4 Å². The highest BCUT2D eigenvalue weighted by atomic mass is 19.1. The second-order valence-electron chi connectivity index (χ2n) is 5.10. The molecule has 3 nitrogen and oxygen atoms in total. The monoisotopic (exact) mass is 237 g/mol. The van der Waals surface area contributed by atoms with Crippen LogP contribution in [0.1, 0.15) is 50.3 Å². The molecule has 0 atom stereocenters. The Labute approximate surface area is 99.7 Å². The predicted octanol–water partition coefficient (Wildman–Crippen LogP) is 2.85. The molecule has 1 aliphatic carbocycles. The Kier molecular flexibility index (Phi) is 2.89. The molecular weight excluding hydrogens is 221 g/mol. The zero-order valence-corrected chi connectivity index (χ0v) is 10.0. The molecule has 4 heteroatoms. The zero-order valence-electron chi connectivity index (χ0n) is 10.0. The summed E-state index contributed by atoms with van der Waals surface area (Å²) in [5.41, 5.74) is 0.618. The van der Waals surface area contributed by atoms with Gasteiger partial charge in [-0.05, 0) is 30.4 Å². The Bertz CT molecular complexity index is 453. The molecule has 0 spiro atoms. The number of rotatable bonds is 4. The van der Waals surface area contributed by atoms with Gasteiger partial charge in [-0.1, -0.05) is 13.8 Å². The number of pyridine rings is 1. The first-order valence-electron chi connectivity index (χ1n) is 5.82. The number of hydrogen-bond donors (Lipinski definition) is 1. The molecule has 0 bridgehead atoms. The van der Waals surface area contributed by atoms with E-state index >= 15 is 0 Å². The summed E-state index contributed by atoms with van der Waals surface area (Å²) in [6, 6.07) is 1.48. The third-order valence-corrected chi connectivity index (χ3v) is 3.37. The number of carbonyl (C=O) groups is 1. The van der Waals surface area contributed by atoms with Crippen molar-refractivity contribution in [1.82, 2.24) is 4.98 Å². The molecule has 1 fully saturated rings. The van der Waals surface area contributed by atoms with E-state index in [9.17, 15) is 9.18 Å². The first-order valence-corrected chi connectivity index (χ1v) is 5.82. The fourth-order valence-corrected chi connectivity index (χ4v) is 2.10. The third kappa shape index (κ3) is 2.30. The maximum absolute atomic E-state index is 13.9. The molecular formula is C13H16FNO2. The maximum atomic E-state index is 13.9. The lowest BCUT2D eigenvalue weighted by atomic mass is 9.95. The molecule has 1 N–H and O–H groups in total. The normalized spacial score (nSPS) is 17.2. The minimum absolute atomic E-state index is 0.0298. The highest BCUT2D eigenvalue weighted by molar-refractivity contribution is 5.69. The van der Waals surface area contributed by atoms with Crippen molar-refractivity contribution in [2.45, 2.75) is 44.4 Å². The van der Waals surface area contributed by atoms with E-state index in [1.807, 2.05) is 13.8 Å². The summed E-state index contributed by atoms with van der Waals surface area (Å²) in [4.78, 5) is 14.9. The van der Waals surface area contributed by atoms with Gasteiger partial charge in [0.2, 0.25) is 0 Å². The fourth-order valence-electron chi connectivity index (χ4n) is 2.10. The maximum Gasteiger partial charge on any atom is 0.304 e. The van der Waals surface area contributed by atoms with Crippen molar-refractivity contribution in [3.8, 4) is 0 Å². The summed E-state index contributed by atoms with van der Waals surface area (Å²) < 4.78 is 13.9. The van der Waals surface area contributed by atoms with Gasteiger partial charge in [0, 0.05) is 11.6 Å². The van der Waals surface area contributed by atoms with Crippen LogP contribution in [-0.4, -0.2) is 16.1 Å². The second kappa shape index (κ2) is 4.09. The minimum Gasteiger partial charge on any atom is -0.481 e. The molecule has 92 valence electrons. The standard InChI is InChI=1S/C13H16FNO2/c1-8(2)9-5-10(14)12(15-7-9)13(3-4-13)6-11(16)17/h5,7-8H,3-4,6H2,1-2H3,(H,16,17). The van der Waals surface area contributed by atoms with Crippen LogP contribution in [0, 0.1) is 5.82 Å². The molecule has 2 rings (SSSR count). The van der Waals surface area contributed by atoms with Crippen molar-refractivity contribution >= 4 is 5.97 Å². The minimum atomic E-state index is -0.892. The van der Waals surface area contributed by atoms with Gasteiger partial charge in [-0.15, -0.1) is 0 Å². The smallest absolute Gasteiger partial charge is 0.304 e. The summed E-state index contributed by atoms with van der Waals surface area (Å²) >= 11 is 0. The molecule has 0 amide bonds. The highest BCUT2D eigenvalue weighted by Crippen LogP contribution is 2.51. The van der Waals surface area contributed by atoms with E-state index in [1.165, 1.54) is 6.07 Å². The van der Waals surface area contributed by atoms with Crippen LogP contribution in [0.3, 0.4) is 0 Å². The Morgan fingerprint density at radius 1 is 1.59 bits per heavy atom. The average molecular weight is 237 g/mol. The summed E-state index contributed by atoms with van der Waals surface area (Å²) in [5.74, 6) is -1.03. The number of carboxylic acids is 1. The first-order chi connectivity index (χ1) is 7.94. The van der Waals surface area contributed by atoms with E-state index in [2.05, 4.69) is 4.98 Å². The van der Waals surface area contributed by atoms with Gasteiger partial charge >= 0.3 is 5.97 Å². The lowest BCUT2D eigenvalue weighted by molar-refractivity contribution is -0.137. The van der Waals surface area contributed by atoms with Crippen molar-refractivity contribution in [2.24, 2.45) is 0 Å². The van der Waals surface area contributed by atoms with Gasteiger partial charge in [-0.3, -0.25) is 9.78 Å². The molecule has 0 aliphatic heterocycles. The van der Waals surface area contributed by atoms with Crippen LogP contribution < -0.4 is 0 Å². The third-order valence-electron chi connectivity index (χ3n) is 3.37. The summed E-state index contributed by atoms with van der Waals surface area (Å²) in [6.07, 6.45) is 3.05. The Hall–Kier alpha value is -1.45. The van der Waals surface area contributed by atoms with Crippen LogP contribution in [-0.2, 0) is 10.2 Å². The van der Waals surface area contributed by atoms with Crippen LogP contribution in [0.25, 0.3) is 0 Å². The molecule has 1 aliphatic rings. The van der Waals surface area contributed by atoms with Crippen molar-refractivity contribution in [1.29, 1.82) is 0 Å². The van der Waals surface area contributed by atoms with E-state index in [4.69, 9.17) is 5.11 Å². The van der Waals surface area contributed by atoms with Crippen LogP contribution >= 0.6 is 0 Å². The zero-order chi connectivity index (χ0) is 12.6. The highest BCUT2D eigenvalue weighted by Gasteiger charge is 2.49. The van der Waals surface area contributed by atoms with Gasteiger partial charge in [0.1, 0.15) is 5.82 Å². The van der Waals surface area contributed by atoms with Gasteiger partial charge in [0.15, 0.2) is 0 Å². The fraction of sp³-hybridized carbons (Fsp3) is 0.538. The van der Waals surface area contributed by atoms with E-state index in [-0.39, 0.29) is 18.2 Å². The van der Waals surface area contributed by atoms with E-state index in [1.54, 1.807) is 6.20 Å². The molecule has 0 radical (unpaired) electrons. The number of carboxylic acid groups (broad SMARTS) is 1. The molecule has 1 heterocycles. The van der Waals surface area contributed by atoms with Gasteiger partial charge < -0.3 is 5.11 Å². The SMILES string of the molecule is CC(C)c1cnc(C2(CC(=O)O)CC2)c(F)c1. The molecule has 17 heavy (non-hydrogen) atoms.